The van der Waals surface area contributed by atoms with Gasteiger partial charge in [-0.05, 0) is 54.5 Å². The maximum atomic E-state index is 11.2. The molecule has 0 saturated heterocycles. The third kappa shape index (κ3) is 4.86. The van der Waals surface area contributed by atoms with Crippen molar-refractivity contribution in [2.24, 2.45) is 5.14 Å². The zero-order valence-electron chi connectivity index (χ0n) is 14.1. The van der Waals surface area contributed by atoms with Crippen molar-refractivity contribution in [1.29, 1.82) is 0 Å². The first-order valence-corrected chi connectivity index (χ1v) is 10.6. The molecule has 140 valence electrons. The fraction of sp³-hybridized carbons (Fsp3) is 0.353. The van der Waals surface area contributed by atoms with E-state index in [0.29, 0.717) is 22.9 Å². The molecule has 0 saturated carbocycles. The minimum absolute atomic E-state index is 0.0597. The quantitative estimate of drug-likeness (QED) is 0.676. The summed E-state index contributed by atoms with van der Waals surface area (Å²) in [6.07, 6.45) is 3.41. The van der Waals surface area contributed by atoms with Gasteiger partial charge < -0.3 is 5.32 Å². The summed E-state index contributed by atoms with van der Waals surface area (Å²) in [5.74, 6) is 0.946. The number of hydrogen-bond acceptors (Lipinski definition) is 4. The molecule has 0 radical (unpaired) electrons. The average Bonchev–Trinajstić information content (AvgIpc) is 2.61. The number of hydrogen-bond donors (Lipinski definition) is 3. The average molecular weight is 415 g/mol. The molecule has 1 aliphatic rings. The highest BCUT2D eigenvalue weighted by Crippen LogP contribution is 2.30. The van der Waals surface area contributed by atoms with Crippen molar-refractivity contribution in [1.82, 2.24) is 9.71 Å². The third-order valence-corrected chi connectivity index (χ3v) is 5.73. The molecule has 1 aliphatic heterocycles. The number of nitrogens with zero attached hydrogens (tertiary/aromatic N) is 1. The van der Waals surface area contributed by atoms with E-state index < -0.39 is 10.2 Å². The Morgan fingerprint density at radius 2 is 2.00 bits per heavy atom. The van der Waals surface area contributed by atoms with E-state index in [9.17, 15) is 8.42 Å². The van der Waals surface area contributed by atoms with E-state index in [1.54, 1.807) is 12.1 Å². The predicted octanol–water partition coefficient (Wildman–Crippen LogP) is 2.82. The van der Waals surface area contributed by atoms with E-state index in [1.165, 1.54) is 5.56 Å². The molecule has 1 aromatic carbocycles. The SMILES string of the molecule is NS(=O)(=O)NCc1ccc(Cl)c(Cl)c1CCc1ccc2c(n1)NCCC2. The van der Waals surface area contributed by atoms with Gasteiger partial charge in [-0.1, -0.05) is 35.3 Å². The molecule has 0 atom stereocenters. The van der Waals surface area contributed by atoms with Gasteiger partial charge in [-0.25, -0.2) is 10.1 Å². The van der Waals surface area contributed by atoms with Crippen LogP contribution in [0.5, 0.6) is 0 Å². The summed E-state index contributed by atoms with van der Waals surface area (Å²) in [6.45, 7) is 0.997. The van der Waals surface area contributed by atoms with Gasteiger partial charge in [0.1, 0.15) is 5.82 Å². The Morgan fingerprint density at radius 3 is 2.77 bits per heavy atom. The van der Waals surface area contributed by atoms with Gasteiger partial charge in [0.2, 0.25) is 0 Å². The molecule has 26 heavy (non-hydrogen) atoms. The van der Waals surface area contributed by atoms with E-state index in [0.717, 1.165) is 42.0 Å². The number of aryl methyl sites for hydroxylation is 2. The molecule has 4 N–H and O–H groups in total. The van der Waals surface area contributed by atoms with Crippen LogP contribution in [0.1, 0.15) is 28.8 Å². The standard InChI is InChI=1S/C17H20Cl2N4O2S/c18-15-8-4-12(10-22-26(20,24)25)14(16(15)19)7-6-13-5-3-11-2-1-9-21-17(11)23-13/h3-5,8,22H,1-2,6-7,9-10H2,(H,21,23)(H2,20,24,25). The normalized spacial score (nSPS) is 14.0. The molecule has 0 aliphatic carbocycles. The largest absolute Gasteiger partial charge is 0.370 e. The monoisotopic (exact) mass is 414 g/mol. The summed E-state index contributed by atoms with van der Waals surface area (Å²) < 4.78 is 24.6. The highest BCUT2D eigenvalue weighted by atomic mass is 35.5. The summed E-state index contributed by atoms with van der Waals surface area (Å²) in [4.78, 5) is 4.68. The second-order valence-corrected chi connectivity index (χ2v) is 8.37. The van der Waals surface area contributed by atoms with Gasteiger partial charge >= 0.3 is 0 Å². The number of nitrogens with one attached hydrogen (secondary N) is 2. The Morgan fingerprint density at radius 1 is 1.19 bits per heavy atom. The highest BCUT2D eigenvalue weighted by Gasteiger charge is 2.14. The molecule has 0 fully saturated rings. The van der Waals surface area contributed by atoms with Crippen LogP contribution < -0.4 is 15.2 Å². The molecular formula is C17H20Cl2N4O2S. The van der Waals surface area contributed by atoms with Crippen LogP contribution in [0.15, 0.2) is 24.3 Å². The van der Waals surface area contributed by atoms with Gasteiger partial charge in [0.15, 0.2) is 0 Å². The van der Waals surface area contributed by atoms with Crippen molar-refractivity contribution in [2.75, 3.05) is 11.9 Å². The Kier molecular flexibility index (Phi) is 6.04. The molecular weight excluding hydrogens is 395 g/mol. The minimum Gasteiger partial charge on any atom is -0.370 e. The van der Waals surface area contributed by atoms with Crippen LogP contribution in [-0.2, 0) is 36.0 Å². The van der Waals surface area contributed by atoms with Crippen LogP contribution in [0, 0.1) is 0 Å². The lowest BCUT2D eigenvalue weighted by Gasteiger charge is -2.18. The summed E-state index contributed by atoms with van der Waals surface area (Å²) in [6, 6.07) is 7.53. The molecule has 0 amide bonds. The van der Waals surface area contributed by atoms with Gasteiger partial charge in [0, 0.05) is 18.8 Å². The number of fused-ring (bicyclic) bond motifs is 1. The van der Waals surface area contributed by atoms with E-state index in [4.69, 9.17) is 28.3 Å². The van der Waals surface area contributed by atoms with E-state index >= 15 is 0 Å². The second kappa shape index (κ2) is 8.10. The molecule has 6 nitrogen and oxygen atoms in total. The first kappa shape index (κ1) is 19.4. The number of pyridine rings is 1. The Labute approximate surface area is 163 Å². The number of nitrogens with two attached hydrogens (primary N) is 1. The van der Waals surface area contributed by atoms with Crippen molar-refractivity contribution in [2.45, 2.75) is 32.2 Å². The van der Waals surface area contributed by atoms with Crippen LogP contribution in [0.2, 0.25) is 10.0 Å². The highest BCUT2D eigenvalue weighted by molar-refractivity contribution is 7.87. The maximum Gasteiger partial charge on any atom is 0.274 e. The fourth-order valence-electron chi connectivity index (χ4n) is 3.01. The van der Waals surface area contributed by atoms with Crippen molar-refractivity contribution < 1.29 is 8.42 Å². The third-order valence-electron chi connectivity index (χ3n) is 4.34. The molecule has 3 rings (SSSR count). The van der Waals surface area contributed by atoms with Crippen molar-refractivity contribution >= 4 is 39.2 Å². The van der Waals surface area contributed by atoms with Gasteiger partial charge in [-0.2, -0.15) is 13.1 Å². The van der Waals surface area contributed by atoms with Gasteiger partial charge in [-0.15, -0.1) is 0 Å². The van der Waals surface area contributed by atoms with E-state index in [2.05, 4.69) is 21.1 Å². The predicted molar refractivity (Wildman–Crippen MR) is 105 cm³/mol. The molecule has 0 spiro atoms. The summed E-state index contributed by atoms with van der Waals surface area (Å²) in [5.41, 5.74) is 3.71. The van der Waals surface area contributed by atoms with Crippen LogP contribution >= 0.6 is 23.2 Å². The summed E-state index contributed by atoms with van der Waals surface area (Å²) in [5, 5.41) is 9.20. The Bertz CT molecular complexity index is 919. The Hall–Kier alpha value is -1.38. The molecule has 2 aromatic rings. The van der Waals surface area contributed by atoms with Gasteiger partial charge in [-0.3, -0.25) is 0 Å². The fourth-order valence-corrected chi connectivity index (χ4v) is 3.82. The minimum atomic E-state index is -3.79. The first-order valence-electron chi connectivity index (χ1n) is 8.29. The zero-order chi connectivity index (χ0) is 18.7. The second-order valence-electron chi connectivity index (χ2n) is 6.21. The summed E-state index contributed by atoms with van der Waals surface area (Å²) in [7, 11) is -3.79. The maximum absolute atomic E-state index is 11.2. The van der Waals surface area contributed by atoms with Crippen LogP contribution in [0.25, 0.3) is 0 Å². The number of aromatic nitrogens is 1. The van der Waals surface area contributed by atoms with Crippen LogP contribution in [0.4, 0.5) is 5.82 Å². The van der Waals surface area contributed by atoms with Crippen molar-refractivity contribution in [3.8, 4) is 0 Å². The number of anilines is 1. The van der Waals surface area contributed by atoms with Gasteiger partial charge in [0.25, 0.3) is 10.2 Å². The molecule has 1 aromatic heterocycles. The molecule has 9 heteroatoms. The lowest BCUT2D eigenvalue weighted by molar-refractivity contribution is 0.583. The smallest absolute Gasteiger partial charge is 0.274 e. The Balaban J connectivity index is 1.79. The molecule has 0 bridgehead atoms. The topological polar surface area (TPSA) is 97.1 Å². The van der Waals surface area contributed by atoms with E-state index in [1.807, 2.05) is 6.07 Å². The number of halogens is 2. The lowest BCUT2D eigenvalue weighted by atomic mass is 10.0. The van der Waals surface area contributed by atoms with Crippen molar-refractivity contribution in [3.05, 3.63) is 56.7 Å². The van der Waals surface area contributed by atoms with Crippen molar-refractivity contribution in [3.63, 3.8) is 0 Å². The van der Waals surface area contributed by atoms with Gasteiger partial charge in [0.05, 0.1) is 10.0 Å². The summed E-state index contributed by atoms with van der Waals surface area (Å²) >= 11 is 12.5. The molecule has 0 unspecified atom stereocenters. The van der Waals surface area contributed by atoms with Crippen LogP contribution in [0.3, 0.4) is 0 Å². The first-order chi connectivity index (χ1) is 12.3. The number of rotatable bonds is 6. The lowest BCUT2D eigenvalue weighted by Crippen LogP contribution is -2.30. The number of benzene rings is 1. The van der Waals surface area contributed by atoms with E-state index in [-0.39, 0.29) is 6.54 Å². The zero-order valence-corrected chi connectivity index (χ0v) is 16.4. The van der Waals surface area contributed by atoms with Crippen LogP contribution in [-0.4, -0.2) is 19.9 Å². The molecule has 2 heterocycles.